The molecule has 1 aliphatic rings. The highest BCUT2D eigenvalue weighted by atomic mass is 79.9. The highest BCUT2D eigenvalue weighted by molar-refractivity contribution is 9.10. The summed E-state index contributed by atoms with van der Waals surface area (Å²) >= 11 is 3.60. The van der Waals surface area contributed by atoms with Gasteiger partial charge in [0.1, 0.15) is 0 Å². The van der Waals surface area contributed by atoms with Crippen molar-refractivity contribution in [3.8, 4) is 5.69 Å². The van der Waals surface area contributed by atoms with Crippen LogP contribution in [0.4, 0.5) is 0 Å². The Bertz CT molecular complexity index is 571. The predicted octanol–water partition coefficient (Wildman–Crippen LogP) is 3.41. The van der Waals surface area contributed by atoms with Crippen LogP contribution in [0.1, 0.15) is 30.0 Å². The van der Waals surface area contributed by atoms with E-state index in [4.69, 9.17) is 0 Å². The van der Waals surface area contributed by atoms with Gasteiger partial charge in [-0.15, -0.1) is 0 Å². The molecule has 1 aromatic heterocycles. The number of nitrogens with one attached hydrogen (secondary N) is 1. The molecule has 1 aromatic carbocycles. The van der Waals surface area contributed by atoms with Crippen LogP contribution in [-0.2, 0) is 0 Å². The number of benzene rings is 1. The van der Waals surface area contributed by atoms with E-state index in [1.54, 1.807) is 0 Å². The molecule has 0 atom stereocenters. The number of hydrogen-bond acceptors (Lipinski definition) is 2. The molecule has 2 heterocycles. The summed E-state index contributed by atoms with van der Waals surface area (Å²) in [5.74, 6) is 0.650. The molecule has 2 aromatic rings. The molecule has 0 spiro atoms. The van der Waals surface area contributed by atoms with Gasteiger partial charge >= 0.3 is 0 Å². The lowest BCUT2D eigenvalue weighted by Gasteiger charge is -2.22. The number of para-hydroxylation sites is 1. The zero-order chi connectivity index (χ0) is 13.2. The Morgan fingerprint density at radius 2 is 2.00 bits per heavy atom. The molecule has 1 fully saturated rings. The minimum Gasteiger partial charge on any atom is -0.317 e. The van der Waals surface area contributed by atoms with E-state index in [9.17, 15) is 0 Å². The Morgan fingerprint density at radius 3 is 2.74 bits per heavy atom. The van der Waals surface area contributed by atoms with E-state index < -0.39 is 0 Å². The second kappa shape index (κ2) is 5.47. The minimum atomic E-state index is 0.650. The number of nitrogens with zero attached hydrogens (tertiary/aromatic N) is 2. The lowest BCUT2D eigenvalue weighted by Crippen LogP contribution is -2.26. The van der Waals surface area contributed by atoms with Crippen LogP contribution >= 0.6 is 15.9 Å². The van der Waals surface area contributed by atoms with Gasteiger partial charge in [-0.2, -0.15) is 5.10 Å². The molecule has 3 rings (SSSR count). The first-order chi connectivity index (χ1) is 9.27. The number of piperidine rings is 1. The van der Waals surface area contributed by atoms with Gasteiger partial charge in [0.25, 0.3) is 0 Å². The van der Waals surface area contributed by atoms with Crippen LogP contribution < -0.4 is 5.32 Å². The van der Waals surface area contributed by atoms with Crippen molar-refractivity contribution in [1.29, 1.82) is 0 Å². The average Bonchev–Trinajstić information content (AvgIpc) is 2.82. The maximum absolute atomic E-state index is 4.59. The maximum Gasteiger partial charge on any atom is 0.0790 e. The van der Waals surface area contributed by atoms with Gasteiger partial charge in [-0.25, -0.2) is 4.68 Å². The zero-order valence-electron chi connectivity index (χ0n) is 11.1. The zero-order valence-corrected chi connectivity index (χ0v) is 12.7. The summed E-state index contributed by atoms with van der Waals surface area (Å²) in [6.45, 7) is 4.40. The largest absolute Gasteiger partial charge is 0.317 e. The molecule has 3 nitrogen and oxygen atoms in total. The number of halogens is 1. The van der Waals surface area contributed by atoms with Crippen molar-refractivity contribution in [2.75, 3.05) is 13.1 Å². The molecule has 0 unspecified atom stereocenters. The van der Waals surface area contributed by atoms with E-state index in [1.165, 1.54) is 24.1 Å². The van der Waals surface area contributed by atoms with Gasteiger partial charge in [-0.1, -0.05) is 12.1 Å². The Morgan fingerprint density at radius 1 is 1.26 bits per heavy atom. The Labute approximate surface area is 122 Å². The third-order valence-electron chi connectivity index (χ3n) is 3.91. The van der Waals surface area contributed by atoms with Crippen molar-refractivity contribution < 1.29 is 0 Å². The molecule has 0 saturated carbocycles. The van der Waals surface area contributed by atoms with Gasteiger partial charge in [-0.05, 0) is 72.4 Å². The second-order valence-electron chi connectivity index (χ2n) is 5.07. The monoisotopic (exact) mass is 319 g/mol. The van der Waals surface area contributed by atoms with Crippen LogP contribution in [0, 0.1) is 6.92 Å². The summed E-state index contributed by atoms with van der Waals surface area (Å²) in [5.41, 5.74) is 3.77. The van der Waals surface area contributed by atoms with E-state index in [0.717, 1.165) is 23.2 Å². The lowest BCUT2D eigenvalue weighted by molar-refractivity contribution is 0.459. The first-order valence-electron chi connectivity index (χ1n) is 6.77. The van der Waals surface area contributed by atoms with E-state index in [-0.39, 0.29) is 0 Å². The van der Waals surface area contributed by atoms with E-state index in [2.05, 4.69) is 45.4 Å². The van der Waals surface area contributed by atoms with Gasteiger partial charge in [-0.3, -0.25) is 0 Å². The second-order valence-corrected chi connectivity index (χ2v) is 5.93. The molecule has 1 N–H and O–H groups in total. The first-order valence-corrected chi connectivity index (χ1v) is 7.57. The van der Waals surface area contributed by atoms with Crippen molar-refractivity contribution in [3.05, 3.63) is 46.2 Å². The summed E-state index contributed by atoms with van der Waals surface area (Å²) < 4.78 is 3.12. The number of aromatic nitrogens is 2. The quantitative estimate of drug-likeness (QED) is 0.919. The van der Waals surface area contributed by atoms with Crippen LogP contribution in [0.5, 0.6) is 0 Å². The standard InChI is InChI=1S/C15H18BrN3/c1-11-13(12-6-8-17-9-7-12)10-18-19(11)15-5-3-2-4-14(15)16/h2-5,10,12,17H,6-9H2,1H3. The molecule has 4 heteroatoms. The van der Waals surface area contributed by atoms with Gasteiger partial charge in [0.15, 0.2) is 0 Å². The highest BCUT2D eigenvalue weighted by Crippen LogP contribution is 2.30. The normalized spacial score (nSPS) is 16.7. The van der Waals surface area contributed by atoms with Crippen LogP contribution in [0.2, 0.25) is 0 Å². The molecule has 1 saturated heterocycles. The fraction of sp³-hybridized carbons (Fsp3) is 0.400. The molecule has 100 valence electrons. The molecular weight excluding hydrogens is 302 g/mol. The van der Waals surface area contributed by atoms with Crippen LogP contribution in [0.15, 0.2) is 34.9 Å². The van der Waals surface area contributed by atoms with Crippen molar-refractivity contribution in [1.82, 2.24) is 15.1 Å². The SMILES string of the molecule is Cc1c(C2CCNCC2)cnn1-c1ccccc1Br. The molecule has 0 radical (unpaired) electrons. The van der Waals surface area contributed by atoms with Crippen LogP contribution in [0.25, 0.3) is 5.69 Å². The highest BCUT2D eigenvalue weighted by Gasteiger charge is 2.20. The Hall–Kier alpha value is -1.13. The van der Waals surface area contributed by atoms with E-state index >= 15 is 0 Å². The van der Waals surface area contributed by atoms with Crippen molar-refractivity contribution in [3.63, 3.8) is 0 Å². The summed E-state index contributed by atoms with van der Waals surface area (Å²) in [7, 11) is 0. The van der Waals surface area contributed by atoms with Crippen molar-refractivity contribution >= 4 is 15.9 Å². The van der Waals surface area contributed by atoms with E-state index in [1.807, 2.05) is 23.0 Å². The Balaban J connectivity index is 1.97. The smallest absolute Gasteiger partial charge is 0.0790 e. The Kier molecular flexibility index (Phi) is 3.71. The molecule has 19 heavy (non-hydrogen) atoms. The predicted molar refractivity (Wildman–Crippen MR) is 80.8 cm³/mol. The third kappa shape index (κ3) is 2.47. The summed E-state index contributed by atoms with van der Waals surface area (Å²) in [4.78, 5) is 0. The fourth-order valence-electron chi connectivity index (χ4n) is 2.82. The van der Waals surface area contributed by atoms with E-state index in [0.29, 0.717) is 5.92 Å². The van der Waals surface area contributed by atoms with Crippen molar-refractivity contribution in [2.45, 2.75) is 25.7 Å². The minimum absolute atomic E-state index is 0.650. The van der Waals surface area contributed by atoms with Gasteiger partial charge in [0.05, 0.1) is 11.9 Å². The van der Waals surface area contributed by atoms with Crippen LogP contribution in [0.3, 0.4) is 0 Å². The maximum atomic E-state index is 4.59. The molecule has 0 amide bonds. The van der Waals surface area contributed by atoms with Crippen LogP contribution in [-0.4, -0.2) is 22.9 Å². The lowest BCUT2D eigenvalue weighted by atomic mass is 9.91. The van der Waals surface area contributed by atoms with Gasteiger partial charge in [0, 0.05) is 10.2 Å². The van der Waals surface area contributed by atoms with Gasteiger partial charge < -0.3 is 5.32 Å². The molecule has 0 bridgehead atoms. The number of hydrogen-bond donors (Lipinski definition) is 1. The fourth-order valence-corrected chi connectivity index (χ4v) is 3.28. The summed E-state index contributed by atoms with van der Waals surface area (Å²) in [5, 5.41) is 8.01. The molecule has 0 aliphatic carbocycles. The topological polar surface area (TPSA) is 29.9 Å². The summed E-state index contributed by atoms with van der Waals surface area (Å²) in [6, 6.07) is 8.22. The average molecular weight is 320 g/mol. The third-order valence-corrected chi connectivity index (χ3v) is 4.58. The van der Waals surface area contributed by atoms with Gasteiger partial charge in [0.2, 0.25) is 0 Å². The van der Waals surface area contributed by atoms with Crippen molar-refractivity contribution in [2.24, 2.45) is 0 Å². The summed E-state index contributed by atoms with van der Waals surface area (Å²) in [6.07, 6.45) is 4.47. The first kappa shape index (κ1) is 12.9. The molecular formula is C15H18BrN3. The molecule has 1 aliphatic heterocycles. The number of rotatable bonds is 2.